The molecular formula is C27H26N2O2S. The summed E-state index contributed by atoms with van der Waals surface area (Å²) in [6.45, 7) is 2.47. The molecule has 0 aliphatic carbocycles. The molecular weight excluding hydrogens is 416 g/mol. The van der Waals surface area contributed by atoms with Gasteiger partial charge in [-0.25, -0.2) is 0 Å². The number of carbonyl (C=O) groups excluding carboxylic acids is 1. The minimum absolute atomic E-state index is 0.0114. The summed E-state index contributed by atoms with van der Waals surface area (Å²) in [5.74, 6) is 0.608. The molecule has 5 heteroatoms. The average Bonchev–Trinajstić information content (AvgIpc) is 3.37. The van der Waals surface area contributed by atoms with E-state index in [9.17, 15) is 4.79 Å². The van der Waals surface area contributed by atoms with Crippen LogP contribution in [0.5, 0.6) is 5.75 Å². The highest BCUT2D eigenvalue weighted by atomic mass is 32.1. The van der Waals surface area contributed by atoms with Crippen LogP contribution in [0.15, 0.2) is 83.6 Å². The summed E-state index contributed by atoms with van der Waals surface area (Å²) in [4.78, 5) is 15.1. The summed E-state index contributed by atoms with van der Waals surface area (Å²) in [7, 11) is 0. The quantitative estimate of drug-likeness (QED) is 0.428. The predicted molar refractivity (Wildman–Crippen MR) is 130 cm³/mol. The molecule has 1 aliphatic rings. The minimum atomic E-state index is -0.101. The molecule has 4 nitrogen and oxygen atoms in total. The maximum absolute atomic E-state index is 12.6. The summed E-state index contributed by atoms with van der Waals surface area (Å²) in [5.41, 5.74) is 4.07. The van der Waals surface area contributed by atoms with Crippen molar-refractivity contribution in [3.63, 3.8) is 0 Å². The van der Waals surface area contributed by atoms with E-state index >= 15 is 0 Å². The Morgan fingerprint density at radius 1 is 1.00 bits per heavy atom. The Hall–Kier alpha value is -3.15. The predicted octanol–water partition coefficient (Wildman–Crippen LogP) is 5.20. The first-order chi connectivity index (χ1) is 15.8. The second-order valence-electron chi connectivity index (χ2n) is 8.16. The Morgan fingerprint density at radius 2 is 1.81 bits per heavy atom. The van der Waals surface area contributed by atoms with Gasteiger partial charge < -0.3 is 10.1 Å². The van der Waals surface area contributed by atoms with Gasteiger partial charge in [-0.15, -0.1) is 0 Å². The van der Waals surface area contributed by atoms with Gasteiger partial charge >= 0.3 is 0 Å². The van der Waals surface area contributed by atoms with Crippen molar-refractivity contribution in [2.75, 3.05) is 19.7 Å². The van der Waals surface area contributed by atoms with E-state index in [0.29, 0.717) is 12.3 Å². The van der Waals surface area contributed by atoms with Gasteiger partial charge in [-0.05, 0) is 62.8 Å². The fraction of sp³-hybridized carbons (Fsp3) is 0.222. The number of rotatable bonds is 7. The molecule has 0 spiro atoms. The summed E-state index contributed by atoms with van der Waals surface area (Å²) in [6, 6.07) is 25.0. The van der Waals surface area contributed by atoms with Gasteiger partial charge in [0.05, 0.1) is 6.04 Å². The second kappa shape index (κ2) is 9.55. The largest absolute Gasteiger partial charge is 0.484 e. The molecule has 0 saturated heterocycles. The number of thiophene rings is 1. The van der Waals surface area contributed by atoms with Crippen LogP contribution in [0, 0.1) is 0 Å². The molecule has 1 amide bonds. The Kier molecular flexibility index (Phi) is 6.19. The maximum atomic E-state index is 12.6. The number of amides is 1. The topological polar surface area (TPSA) is 41.6 Å². The van der Waals surface area contributed by atoms with Crippen LogP contribution in [0.4, 0.5) is 0 Å². The van der Waals surface area contributed by atoms with Gasteiger partial charge in [-0.1, -0.05) is 54.6 Å². The number of carbonyl (C=O) groups is 1. The van der Waals surface area contributed by atoms with Crippen molar-refractivity contribution < 1.29 is 9.53 Å². The SMILES string of the molecule is O=C(COc1ccc2ccccc2c1)NCC(c1ccsc1)N1CCc2ccccc2C1. The van der Waals surface area contributed by atoms with Crippen molar-refractivity contribution in [1.82, 2.24) is 10.2 Å². The summed E-state index contributed by atoms with van der Waals surface area (Å²) in [5, 5.41) is 9.65. The van der Waals surface area contributed by atoms with Gasteiger partial charge in [-0.2, -0.15) is 11.3 Å². The number of nitrogens with one attached hydrogen (secondary N) is 1. The zero-order chi connectivity index (χ0) is 21.8. The first kappa shape index (κ1) is 20.7. The van der Waals surface area contributed by atoms with E-state index in [2.05, 4.69) is 57.4 Å². The molecule has 4 aromatic rings. The molecule has 3 aromatic carbocycles. The maximum Gasteiger partial charge on any atom is 0.258 e. The number of hydrogen-bond acceptors (Lipinski definition) is 4. The van der Waals surface area contributed by atoms with Crippen LogP contribution in [0.25, 0.3) is 10.8 Å². The number of benzene rings is 3. The van der Waals surface area contributed by atoms with Gasteiger partial charge in [0.2, 0.25) is 0 Å². The molecule has 0 saturated carbocycles. The summed E-state index contributed by atoms with van der Waals surface area (Å²) < 4.78 is 5.77. The lowest BCUT2D eigenvalue weighted by Crippen LogP contribution is -2.41. The van der Waals surface area contributed by atoms with E-state index in [4.69, 9.17) is 4.74 Å². The molecule has 0 radical (unpaired) electrons. The van der Waals surface area contributed by atoms with E-state index < -0.39 is 0 Å². The fourth-order valence-corrected chi connectivity index (χ4v) is 5.08. The Labute approximate surface area is 192 Å². The normalized spacial score (nSPS) is 14.6. The highest BCUT2D eigenvalue weighted by Gasteiger charge is 2.25. The van der Waals surface area contributed by atoms with E-state index in [-0.39, 0.29) is 18.6 Å². The highest BCUT2D eigenvalue weighted by molar-refractivity contribution is 7.08. The molecule has 1 unspecified atom stereocenters. The zero-order valence-corrected chi connectivity index (χ0v) is 18.7. The minimum Gasteiger partial charge on any atom is -0.484 e. The molecule has 32 heavy (non-hydrogen) atoms. The molecule has 2 heterocycles. The van der Waals surface area contributed by atoms with Crippen LogP contribution in [0.3, 0.4) is 0 Å². The number of fused-ring (bicyclic) bond motifs is 2. The molecule has 1 N–H and O–H groups in total. The van der Waals surface area contributed by atoms with Crippen molar-refractivity contribution in [3.8, 4) is 5.75 Å². The molecule has 0 bridgehead atoms. The zero-order valence-electron chi connectivity index (χ0n) is 17.9. The standard InChI is InChI=1S/C27H26N2O2S/c30-27(18-31-25-10-9-20-5-1-3-7-22(20)15-25)28-16-26(24-12-14-32-19-24)29-13-11-21-6-2-4-8-23(21)17-29/h1-10,12,14-15,19,26H,11,13,16-18H2,(H,28,30). The third kappa shape index (κ3) is 4.69. The van der Waals surface area contributed by atoms with Crippen molar-refractivity contribution in [1.29, 1.82) is 0 Å². The monoisotopic (exact) mass is 442 g/mol. The van der Waals surface area contributed by atoms with Crippen LogP contribution in [-0.2, 0) is 17.8 Å². The van der Waals surface area contributed by atoms with Crippen LogP contribution < -0.4 is 10.1 Å². The third-order valence-electron chi connectivity index (χ3n) is 6.11. The molecule has 0 fully saturated rings. The van der Waals surface area contributed by atoms with Crippen molar-refractivity contribution >= 4 is 28.0 Å². The van der Waals surface area contributed by atoms with Crippen molar-refractivity contribution in [3.05, 3.63) is 100 Å². The molecule has 1 aliphatic heterocycles. The smallest absolute Gasteiger partial charge is 0.258 e. The first-order valence-electron chi connectivity index (χ1n) is 11.0. The fourth-order valence-electron chi connectivity index (χ4n) is 4.37. The van der Waals surface area contributed by atoms with Crippen LogP contribution in [0.2, 0.25) is 0 Å². The van der Waals surface area contributed by atoms with E-state index in [1.807, 2.05) is 36.4 Å². The molecule has 162 valence electrons. The van der Waals surface area contributed by atoms with Crippen LogP contribution in [0.1, 0.15) is 22.7 Å². The lowest BCUT2D eigenvalue weighted by molar-refractivity contribution is -0.123. The van der Waals surface area contributed by atoms with Crippen LogP contribution in [-0.4, -0.2) is 30.5 Å². The lowest BCUT2D eigenvalue weighted by atomic mass is 9.97. The lowest BCUT2D eigenvalue weighted by Gasteiger charge is -2.35. The van der Waals surface area contributed by atoms with Gasteiger partial charge in [0.15, 0.2) is 6.61 Å². The van der Waals surface area contributed by atoms with Gasteiger partial charge in [0.1, 0.15) is 5.75 Å². The van der Waals surface area contributed by atoms with E-state index in [1.165, 1.54) is 16.7 Å². The number of hydrogen-bond donors (Lipinski definition) is 1. The molecule has 1 aromatic heterocycles. The Morgan fingerprint density at radius 3 is 2.66 bits per heavy atom. The van der Waals surface area contributed by atoms with Crippen molar-refractivity contribution in [2.45, 2.75) is 19.0 Å². The average molecular weight is 443 g/mol. The number of ether oxygens (including phenoxy) is 1. The number of nitrogens with zero attached hydrogens (tertiary/aromatic N) is 1. The summed E-state index contributed by atoms with van der Waals surface area (Å²) in [6.07, 6.45) is 1.04. The van der Waals surface area contributed by atoms with Gasteiger partial charge in [0, 0.05) is 19.6 Å². The van der Waals surface area contributed by atoms with Crippen LogP contribution >= 0.6 is 11.3 Å². The second-order valence-corrected chi connectivity index (χ2v) is 8.94. The molecule has 1 atom stereocenters. The Bertz CT molecular complexity index is 1210. The Balaban J connectivity index is 1.21. The molecule has 5 rings (SSSR count). The highest BCUT2D eigenvalue weighted by Crippen LogP contribution is 2.29. The van der Waals surface area contributed by atoms with E-state index in [0.717, 1.165) is 30.3 Å². The summed E-state index contributed by atoms with van der Waals surface area (Å²) >= 11 is 1.70. The van der Waals surface area contributed by atoms with Crippen molar-refractivity contribution in [2.24, 2.45) is 0 Å². The van der Waals surface area contributed by atoms with E-state index in [1.54, 1.807) is 11.3 Å². The van der Waals surface area contributed by atoms with Gasteiger partial charge in [-0.3, -0.25) is 9.69 Å². The van der Waals surface area contributed by atoms with Gasteiger partial charge in [0.25, 0.3) is 5.91 Å². The third-order valence-corrected chi connectivity index (χ3v) is 6.81. The first-order valence-corrected chi connectivity index (χ1v) is 11.9.